The molecule has 2 unspecified atom stereocenters. The molecule has 0 spiro atoms. The number of nitrogens with zero attached hydrogens (tertiary/aromatic N) is 1. The van der Waals surface area contributed by atoms with Crippen LogP contribution in [0.2, 0.25) is 0 Å². The standard InChI is InChI=1S/C9H20N2O/c1-11-5-3-2-4-9(11)6-8(10)7-12/h8-9,12H,2-7,10H2,1H3. The lowest BCUT2D eigenvalue weighted by Gasteiger charge is -2.33. The lowest BCUT2D eigenvalue weighted by atomic mass is 9.97. The summed E-state index contributed by atoms with van der Waals surface area (Å²) in [5.41, 5.74) is 5.69. The van der Waals surface area contributed by atoms with Crippen molar-refractivity contribution in [3.05, 3.63) is 0 Å². The minimum Gasteiger partial charge on any atom is -0.395 e. The van der Waals surface area contributed by atoms with Crippen LogP contribution in [0.1, 0.15) is 25.7 Å². The van der Waals surface area contributed by atoms with Crippen molar-refractivity contribution in [2.75, 3.05) is 20.2 Å². The third kappa shape index (κ3) is 2.73. The van der Waals surface area contributed by atoms with Crippen LogP contribution in [-0.2, 0) is 0 Å². The van der Waals surface area contributed by atoms with Crippen molar-refractivity contribution in [3.63, 3.8) is 0 Å². The van der Waals surface area contributed by atoms with Crippen LogP contribution in [0.25, 0.3) is 0 Å². The zero-order chi connectivity index (χ0) is 8.97. The summed E-state index contributed by atoms with van der Waals surface area (Å²) in [7, 11) is 2.15. The molecule has 3 nitrogen and oxygen atoms in total. The fourth-order valence-corrected chi connectivity index (χ4v) is 1.87. The van der Waals surface area contributed by atoms with Crippen molar-refractivity contribution in [2.24, 2.45) is 5.73 Å². The van der Waals surface area contributed by atoms with Crippen LogP contribution in [0.15, 0.2) is 0 Å². The highest BCUT2D eigenvalue weighted by Crippen LogP contribution is 2.18. The number of aliphatic hydroxyl groups excluding tert-OH is 1. The van der Waals surface area contributed by atoms with Gasteiger partial charge in [-0.2, -0.15) is 0 Å². The van der Waals surface area contributed by atoms with Gasteiger partial charge in [-0.25, -0.2) is 0 Å². The Hall–Kier alpha value is -0.120. The molecular weight excluding hydrogens is 152 g/mol. The van der Waals surface area contributed by atoms with Gasteiger partial charge in [0.15, 0.2) is 0 Å². The molecule has 12 heavy (non-hydrogen) atoms. The summed E-state index contributed by atoms with van der Waals surface area (Å²) in [5.74, 6) is 0. The highest BCUT2D eigenvalue weighted by molar-refractivity contribution is 4.78. The van der Waals surface area contributed by atoms with Crippen LogP contribution in [0.4, 0.5) is 0 Å². The smallest absolute Gasteiger partial charge is 0.0583 e. The van der Waals surface area contributed by atoms with E-state index in [9.17, 15) is 0 Å². The van der Waals surface area contributed by atoms with Crippen LogP contribution in [0, 0.1) is 0 Å². The number of rotatable bonds is 3. The van der Waals surface area contributed by atoms with Crippen LogP contribution < -0.4 is 5.73 Å². The van der Waals surface area contributed by atoms with Gasteiger partial charge in [0.2, 0.25) is 0 Å². The Kier molecular flexibility index (Phi) is 3.98. The van der Waals surface area contributed by atoms with E-state index in [0.29, 0.717) is 6.04 Å². The van der Waals surface area contributed by atoms with Crippen molar-refractivity contribution >= 4 is 0 Å². The minimum atomic E-state index is -0.0319. The zero-order valence-corrected chi connectivity index (χ0v) is 7.87. The second kappa shape index (κ2) is 4.80. The Balaban J connectivity index is 2.28. The van der Waals surface area contributed by atoms with Gasteiger partial charge < -0.3 is 15.7 Å². The van der Waals surface area contributed by atoms with Crippen molar-refractivity contribution in [2.45, 2.75) is 37.8 Å². The number of nitrogens with two attached hydrogens (primary N) is 1. The fraction of sp³-hybridized carbons (Fsp3) is 1.00. The molecule has 1 aliphatic heterocycles. The van der Waals surface area contributed by atoms with Gasteiger partial charge in [-0.15, -0.1) is 0 Å². The van der Waals surface area contributed by atoms with Gasteiger partial charge >= 0.3 is 0 Å². The van der Waals surface area contributed by atoms with Crippen LogP contribution in [-0.4, -0.2) is 42.3 Å². The van der Waals surface area contributed by atoms with Gasteiger partial charge in [-0.1, -0.05) is 6.42 Å². The molecule has 0 bridgehead atoms. The summed E-state index contributed by atoms with van der Waals surface area (Å²) in [6.45, 7) is 1.30. The van der Waals surface area contributed by atoms with Gasteiger partial charge in [0, 0.05) is 12.1 Å². The van der Waals surface area contributed by atoms with Crippen LogP contribution in [0.5, 0.6) is 0 Å². The highest BCUT2D eigenvalue weighted by Gasteiger charge is 2.20. The summed E-state index contributed by atoms with van der Waals surface area (Å²) in [5, 5.41) is 8.81. The normalized spacial score (nSPS) is 28.8. The maximum Gasteiger partial charge on any atom is 0.0583 e. The van der Waals surface area contributed by atoms with E-state index in [4.69, 9.17) is 10.8 Å². The molecule has 2 atom stereocenters. The first-order valence-electron chi connectivity index (χ1n) is 4.80. The average Bonchev–Trinajstić information content (AvgIpc) is 2.09. The minimum absolute atomic E-state index is 0.0319. The predicted octanol–water partition coefficient (Wildman–Crippen LogP) is 0.180. The molecule has 0 aromatic heterocycles. The number of hydrogen-bond donors (Lipinski definition) is 2. The maximum absolute atomic E-state index is 8.81. The molecule has 1 saturated heterocycles. The fourth-order valence-electron chi connectivity index (χ4n) is 1.87. The maximum atomic E-state index is 8.81. The average molecular weight is 172 g/mol. The van der Waals surface area contributed by atoms with E-state index in [0.717, 1.165) is 6.42 Å². The Labute approximate surface area is 74.5 Å². The number of hydrogen-bond acceptors (Lipinski definition) is 3. The summed E-state index contributed by atoms with van der Waals surface area (Å²) in [4.78, 5) is 2.36. The first-order valence-corrected chi connectivity index (χ1v) is 4.80. The lowest BCUT2D eigenvalue weighted by Crippen LogP contribution is -2.41. The molecule has 3 N–H and O–H groups in total. The molecule has 1 aliphatic rings. The molecule has 1 heterocycles. The van der Waals surface area contributed by atoms with E-state index in [1.54, 1.807) is 0 Å². The van der Waals surface area contributed by atoms with E-state index in [1.165, 1.54) is 25.8 Å². The Bertz CT molecular complexity index is 130. The van der Waals surface area contributed by atoms with Gasteiger partial charge in [-0.3, -0.25) is 0 Å². The molecular formula is C9H20N2O. The van der Waals surface area contributed by atoms with Crippen LogP contribution >= 0.6 is 0 Å². The molecule has 0 saturated carbocycles. The Morgan fingerprint density at radius 3 is 2.92 bits per heavy atom. The van der Waals surface area contributed by atoms with E-state index in [1.807, 2.05) is 0 Å². The number of piperidine rings is 1. The van der Waals surface area contributed by atoms with Gasteiger partial charge in [-0.05, 0) is 32.9 Å². The lowest BCUT2D eigenvalue weighted by molar-refractivity contribution is 0.152. The quantitative estimate of drug-likeness (QED) is 0.638. The monoisotopic (exact) mass is 172 g/mol. The van der Waals surface area contributed by atoms with Gasteiger partial charge in [0.1, 0.15) is 0 Å². The molecule has 72 valence electrons. The first kappa shape index (κ1) is 9.96. The molecule has 1 rings (SSSR count). The number of aliphatic hydroxyl groups is 1. The van der Waals surface area contributed by atoms with Gasteiger partial charge in [0.05, 0.1) is 6.61 Å². The van der Waals surface area contributed by atoms with E-state index >= 15 is 0 Å². The molecule has 0 aromatic carbocycles. The summed E-state index contributed by atoms with van der Waals surface area (Å²) >= 11 is 0. The van der Waals surface area contributed by atoms with E-state index < -0.39 is 0 Å². The third-order valence-electron chi connectivity index (χ3n) is 2.73. The molecule has 1 fully saturated rings. The first-order chi connectivity index (χ1) is 5.74. The van der Waals surface area contributed by atoms with Crippen molar-refractivity contribution in [1.29, 1.82) is 0 Å². The van der Waals surface area contributed by atoms with Crippen molar-refractivity contribution < 1.29 is 5.11 Å². The second-order valence-corrected chi connectivity index (χ2v) is 3.81. The summed E-state index contributed by atoms with van der Waals surface area (Å²) < 4.78 is 0. The molecule has 0 radical (unpaired) electrons. The van der Waals surface area contributed by atoms with E-state index in [-0.39, 0.29) is 12.6 Å². The Morgan fingerprint density at radius 1 is 1.58 bits per heavy atom. The SMILES string of the molecule is CN1CCCCC1CC(N)CO. The topological polar surface area (TPSA) is 49.5 Å². The second-order valence-electron chi connectivity index (χ2n) is 3.81. The van der Waals surface area contributed by atoms with Crippen molar-refractivity contribution in [1.82, 2.24) is 4.90 Å². The van der Waals surface area contributed by atoms with Crippen molar-refractivity contribution in [3.8, 4) is 0 Å². The molecule has 0 aliphatic carbocycles. The zero-order valence-electron chi connectivity index (χ0n) is 7.87. The predicted molar refractivity (Wildman–Crippen MR) is 49.9 cm³/mol. The van der Waals surface area contributed by atoms with E-state index in [2.05, 4.69) is 11.9 Å². The third-order valence-corrected chi connectivity index (χ3v) is 2.73. The number of likely N-dealkylation sites (tertiary alicyclic amines) is 1. The molecule has 3 heteroatoms. The molecule has 0 amide bonds. The Morgan fingerprint density at radius 2 is 2.33 bits per heavy atom. The largest absolute Gasteiger partial charge is 0.395 e. The highest BCUT2D eigenvalue weighted by atomic mass is 16.3. The molecule has 0 aromatic rings. The van der Waals surface area contributed by atoms with Crippen LogP contribution in [0.3, 0.4) is 0 Å². The summed E-state index contributed by atoms with van der Waals surface area (Å²) in [6, 6.07) is 0.566. The summed E-state index contributed by atoms with van der Waals surface area (Å²) in [6.07, 6.45) is 4.80. The van der Waals surface area contributed by atoms with Gasteiger partial charge in [0.25, 0.3) is 0 Å².